The van der Waals surface area contributed by atoms with Crippen LogP contribution < -0.4 is 5.32 Å². The zero-order valence-electron chi connectivity index (χ0n) is 11.2. The molecule has 1 saturated carbocycles. The third kappa shape index (κ3) is 2.93. The van der Waals surface area contributed by atoms with Gasteiger partial charge in [0.15, 0.2) is 0 Å². The van der Waals surface area contributed by atoms with Crippen LogP contribution in [0.1, 0.15) is 37.7 Å². The van der Waals surface area contributed by atoms with E-state index in [1.807, 2.05) is 30.3 Å². The van der Waals surface area contributed by atoms with E-state index in [0.717, 1.165) is 24.2 Å². The molecule has 1 N–H and O–H groups in total. The van der Waals surface area contributed by atoms with E-state index in [2.05, 4.69) is 10.3 Å². The van der Waals surface area contributed by atoms with Crippen molar-refractivity contribution < 1.29 is 4.79 Å². The number of rotatable bonds is 2. The fourth-order valence-electron chi connectivity index (χ4n) is 2.77. The Bertz CT molecular complexity index is 569. The Hall–Kier alpha value is -1.61. The fourth-order valence-corrected chi connectivity index (χ4v) is 2.90. The van der Waals surface area contributed by atoms with Crippen LogP contribution in [0.3, 0.4) is 0 Å². The van der Waals surface area contributed by atoms with E-state index < -0.39 is 0 Å². The Morgan fingerprint density at radius 1 is 1.15 bits per heavy atom. The van der Waals surface area contributed by atoms with Gasteiger partial charge in [-0.3, -0.25) is 4.79 Å². The molecule has 2 aliphatic rings. The lowest BCUT2D eigenvalue weighted by molar-refractivity contribution is -0.115. The van der Waals surface area contributed by atoms with E-state index in [0.29, 0.717) is 16.6 Å². The van der Waals surface area contributed by atoms with E-state index in [1.54, 1.807) is 0 Å². The second-order valence-electron chi connectivity index (χ2n) is 5.37. The maximum atomic E-state index is 12.0. The van der Waals surface area contributed by atoms with Gasteiger partial charge in [0.1, 0.15) is 11.5 Å². The van der Waals surface area contributed by atoms with Crippen LogP contribution in [-0.2, 0) is 4.79 Å². The average molecular weight is 289 g/mol. The van der Waals surface area contributed by atoms with Gasteiger partial charge >= 0.3 is 0 Å². The highest BCUT2D eigenvalue weighted by Gasteiger charge is 2.27. The number of hydrogen-bond donors (Lipinski definition) is 1. The minimum Gasteiger partial charge on any atom is -0.308 e. The van der Waals surface area contributed by atoms with Crippen LogP contribution in [0.2, 0.25) is 5.02 Å². The smallest absolute Gasteiger partial charge is 0.275 e. The molecule has 0 unspecified atom stereocenters. The van der Waals surface area contributed by atoms with E-state index >= 15 is 0 Å². The van der Waals surface area contributed by atoms with Crippen molar-refractivity contribution in [3.05, 3.63) is 40.5 Å². The number of nitrogens with zero attached hydrogens (tertiary/aromatic N) is 1. The molecule has 4 heteroatoms. The summed E-state index contributed by atoms with van der Waals surface area (Å²) in [5.41, 5.74) is 1.43. The summed E-state index contributed by atoms with van der Waals surface area (Å²) in [6.07, 6.45) is 7.83. The summed E-state index contributed by atoms with van der Waals surface area (Å²) in [6.45, 7) is 0. The molecule has 3 rings (SSSR count). The van der Waals surface area contributed by atoms with Gasteiger partial charge in [0.05, 0.1) is 0 Å². The van der Waals surface area contributed by atoms with Crippen LogP contribution in [-0.4, -0.2) is 11.7 Å². The minimum atomic E-state index is -0.0967. The average Bonchev–Trinajstić information content (AvgIpc) is 2.84. The van der Waals surface area contributed by atoms with Crippen molar-refractivity contribution >= 4 is 29.4 Å². The van der Waals surface area contributed by atoms with E-state index in [-0.39, 0.29) is 5.91 Å². The first-order chi connectivity index (χ1) is 9.72. The maximum absolute atomic E-state index is 12.0. The topological polar surface area (TPSA) is 41.5 Å². The zero-order valence-corrected chi connectivity index (χ0v) is 12.0. The Morgan fingerprint density at radius 2 is 1.85 bits per heavy atom. The largest absolute Gasteiger partial charge is 0.308 e. The lowest BCUT2D eigenvalue weighted by Gasteiger charge is -2.20. The van der Waals surface area contributed by atoms with Gasteiger partial charge in [-0.25, -0.2) is 4.99 Å². The highest BCUT2D eigenvalue weighted by molar-refractivity contribution is 6.30. The molecule has 0 atom stereocenters. The van der Waals surface area contributed by atoms with Crippen LogP contribution in [0.15, 0.2) is 35.0 Å². The summed E-state index contributed by atoms with van der Waals surface area (Å²) in [5, 5.41) is 3.61. The van der Waals surface area contributed by atoms with Crippen molar-refractivity contribution in [1.82, 2.24) is 5.32 Å². The summed E-state index contributed by atoms with van der Waals surface area (Å²) < 4.78 is 0. The van der Waals surface area contributed by atoms with Crippen molar-refractivity contribution in [2.24, 2.45) is 10.9 Å². The number of hydrogen-bond acceptors (Lipinski definition) is 2. The summed E-state index contributed by atoms with van der Waals surface area (Å²) >= 11 is 5.85. The number of amides is 1. The van der Waals surface area contributed by atoms with Crippen LogP contribution >= 0.6 is 11.6 Å². The first kappa shape index (κ1) is 13.4. The van der Waals surface area contributed by atoms with E-state index in [1.165, 1.54) is 19.3 Å². The molecule has 0 radical (unpaired) electrons. The Balaban J connectivity index is 1.80. The number of aliphatic imine (C=N–C) groups is 1. The minimum absolute atomic E-state index is 0.0967. The Kier molecular flexibility index (Phi) is 3.88. The normalized spacial score (nSPS) is 21.9. The predicted molar refractivity (Wildman–Crippen MR) is 81.6 cm³/mol. The molecule has 1 amide bonds. The third-order valence-electron chi connectivity index (χ3n) is 3.88. The van der Waals surface area contributed by atoms with Gasteiger partial charge in [0.25, 0.3) is 5.91 Å². The maximum Gasteiger partial charge on any atom is 0.275 e. The van der Waals surface area contributed by atoms with Crippen LogP contribution in [0, 0.1) is 5.92 Å². The van der Waals surface area contributed by atoms with Crippen molar-refractivity contribution in [3.63, 3.8) is 0 Å². The standard InChI is InChI=1S/C16H17ClN2O/c17-13-8-6-11(7-9-13)10-14-16(20)19-15(18-14)12-4-2-1-3-5-12/h6-10,12H,1-5H2,(H,18,19,20)/b14-10+. The molecule has 1 aromatic rings. The SMILES string of the molecule is O=C1NC(C2CCCCC2)=N/C1=C/c1ccc(Cl)cc1. The molecule has 3 nitrogen and oxygen atoms in total. The molecule has 104 valence electrons. The monoisotopic (exact) mass is 288 g/mol. The van der Waals surface area contributed by atoms with Crippen molar-refractivity contribution in [1.29, 1.82) is 0 Å². The number of carbonyl (C=O) groups is 1. The Labute approximate surface area is 123 Å². The Morgan fingerprint density at radius 3 is 2.55 bits per heavy atom. The van der Waals surface area contributed by atoms with Gasteiger partial charge in [0.2, 0.25) is 0 Å². The number of halogens is 1. The number of carbonyl (C=O) groups excluding carboxylic acids is 1. The second kappa shape index (κ2) is 5.80. The summed E-state index contributed by atoms with van der Waals surface area (Å²) in [4.78, 5) is 16.5. The number of nitrogens with one attached hydrogen (secondary N) is 1. The quantitative estimate of drug-likeness (QED) is 0.827. The van der Waals surface area contributed by atoms with Crippen LogP contribution in [0.5, 0.6) is 0 Å². The molecule has 0 bridgehead atoms. The van der Waals surface area contributed by atoms with Gasteiger partial charge < -0.3 is 5.32 Å². The van der Waals surface area contributed by atoms with Gasteiger partial charge in [-0.1, -0.05) is 43.0 Å². The molecule has 20 heavy (non-hydrogen) atoms. The molecule has 1 heterocycles. The lowest BCUT2D eigenvalue weighted by atomic mass is 9.88. The first-order valence-electron chi connectivity index (χ1n) is 7.09. The summed E-state index contributed by atoms with van der Waals surface area (Å²) in [5.74, 6) is 1.18. The summed E-state index contributed by atoms with van der Waals surface area (Å²) in [7, 11) is 0. The molecule has 1 aromatic carbocycles. The summed E-state index contributed by atoms with van der Waals surface area (Å²) in [6, 6.07) is 7.40. The molecule has 0 saturated heterocycles. The van der Waals surface area contributed by atoms with E-state index in [4.69, 9.17) is 11.6 Å². The van der Waals surface area contributed by atoms with Crippen LogP contribution in [0.4, 0.5) is 0 Å². The van der Waals surface area contributed by atoms with Gasteiger partial charge in [-0.2, -0.15) is 0 Å². The molecule has 1 aliphatic heterocycles. The number of amidine groups is 1. The molecule has 0 aromatic heterocycles. The van der Waals surface area contributed by atoms with E-state index in [9.17, 15) is 4.79 Å². The van der Waals surface area contributed by atoms with Gasteiger partial charge in [0, 0.05) is 10.9 Å². The molecule has 1 aliphatic carbocycles. The molecular weight excluding hydrogens is 272 g/mol. The van der Waals surface area contributed by atoms with Crippen molar-refractivity contribution in [2.45, 2.75) is 32.1 Å². The highest BCUT2D eigenvalue weighted by Crippen LogP contribution is 2.27. The third-order valence-corrected chi connectivity index (χ3v) is 4.13. The molecule has 0 spiro atoms. The number of benzene rings is 1. The lowest BCUT2D eigenvalue weighted by Crippen LogP contribution is -2.31. The van der Waals surface area contributed by atoms with Crippen molar-refractivity contribution in [3.8, 4) is 0 Å². The first-order valence-corrected chi connectivity index (χ1v) is 7.47. The molecule has 1 fully saturated rings. The second-order valence-corrected chi connectivity index (χ2v) is 5.80. The predicted octanol–water partition coefficient (Wildman–Crippen LogP) is 3.79. The van der Waals surface area contributed by atoms with Gasteiger partial charge in [-0.05, 0) is 36.6 Å². The van der Waals surface area contributed by atoms with Gasteiger partial charge in [-0.15, -0.1) is 0 Å². The van der Waals surface area contributed by atoms with Crippen molar-refractivity contribution in [2.75, 3.05) is 0 Å². The zero-order chi connectivity index (χ0) is 13.9. The fraction of sp³-hybridized carbons (Fsp3) is 0.375. The van der Waals surface area contributed by atoms with Crippen LogP contribution in [0.25, 0.3) is 6.08 Å². The highest BCUT2D eigenvalue weighted by atomic mass is 35.5. The molecular formula is C16H17ClN2O.